The molecule has 108 valence electrons. The highest BCUT2D eigenvalue weighted by molar-refractivity contribution is 8.00. The third-order valence-corrected chi connectivity index (χ3v) is 3.36. The first-order chi connectivity index (χ1) is 10.2. The van der Waals surface area contributed by atoms with Crippen molar-refractivity contribution in [2.75, 3.05) is 5.75 Å². The first-order valence-electron chi connectivity index (χ1n) is 5.89. The number of halogens is 1. The Morgan fingerprint density at radius 1 is 1.19 bits per heavy atom. The van der Waals surface area contributed by atoms with Crippen molar-refractivity contribution in [1.29, 1.82) is 0 Å². The van der Waals surface area contributed by atoms with Crippen LogP contribution in [0.3, 0.4) is 0 Å². The number of thioether (sulfide) groups is 1. The number of benzene rings is 1. The van der Waals surface area contributed by atoms with Crippen LogP contribution in [0, 0.1) is 5.82 Å². The molecule has 2 amide bonds. The number of aromatic nitrogens is 2. The quantitative estimate of drug-likeness (QED) is 0.654. The molecule has 0 spiro atoms. The van der Waals surface area contributed by atoms with Crippen molar-refractivity contribution in [3.63, 3.8) is 0 Å². The van der Waals surface area contributed by atoms with Gasteiger partial charge in [0.15, 0.2) is 0 Å². The predicted octanol–water partition coefficient (Wildman–Crippen LogP) is 1.17. The molecule has 0 unspecified atom stereocenters. The van der Waals surface area contributed by atoms with Gasteiger partial charge in [-0.05, 0) is 12.1 Å². The summed E-state index contributed by atoms with van der Waals surface area (Å²) < 4.78 is 13.3. The number of rotatable bonds is 4. The van der Waals surface area contributed by atoms with E-state index in [-0.39, 0.29) is 17.3 Å². The van der Waals surface area contributed by atoms with Gasteiger partial charge in [0.1, 0.15) is 11.5 Å². The minimum absolute atomic E-state index is 0.0261. The standard InChI is InChI=1S/C13H11FN4O2S/c14-9-3-1-2-4-11(9)21-8-12(19)17-18-13(20)10-7-15-5-6-16-10/h1-7H,8H2,(H,17,19)(H,18,20). The lowest BCUT2D eigenvalue weighted by Gasteiger charge is -2.06. The van der Waals surface area contributed by atoms with Crippen LogP contribution in [-0.4, -0.2) is 27.5 Å². The van der Waals surface area contributed by atoms with E-state index in [1.165, 1.54) is 24.7 Å². The Bertz CT molecular complexity index is 639. The van der Waals surface area contributed by atoms with E-state index in [0.717, 1.165) is 11.8 Å². The van der Waals surface area contributed by atoms with E-state index in [1.807, 2.05) is 0 Å². The summed E-state index contributed by atoms with van der Waals surface area (Å²) in [5, 5.41) is 0. The summed E-state index contributed by atoms with van der Waals surface area (Å²) >= 11 is 1.04. The van der Waals surface area contributed by atoms with Crippen molar-refractivity contribution in [2.24, 2.45) is 0 Å². The molecule has 0 saturated carbocycles. The molecule has 0 fully saturated rings. The van der Waals surface area contributed by atoms with Crippen molar-refractivity contribution in [1.82, 2.24) is 20.8 Å². The van der Waals surface area contributed by atoms with Gasteiger partial charge in [-0.15, -0.1) is 11.8 Å². The number of amides is 2. The van der Waals surface area contributed by atoms with E-state index in [4.69, 9.17) is 0 Å². The second kappa shape index (κ2) is 7.34. The fraction of sp³-hybridized carbons (Fsp3) is 0.0769. The van der Waals surface area contributed by atoms with E-state index >= 15 is 0 Å². The average molecular weight is 306 g/mol. The molecule has 2 N–H and O–H groups in total. The third-order valence-electron chi connectivity index (χ3n) is 2.31. The summed E-state index contributed by atoms with van der Waals surface area (Å²) in [4.78, 5) is 31.0. The zero-order valence-electron chi connectivity index (χ0n) is 10.7. The molecule has 0 saturated heterocycles. The molecule has 2 rings (SSSR count). The van der Waals surface area contributed by atoms with Gasteiger partial charge in [0, 0.05) is 17.3 Å². The fourth-order valence-corrected chi connectivity index (χ4v) is 2.09. The van der Waals surface area contributed by atoms with Crippen LogP contribution < -0.4 is 10.9 Å². The zero-order valence-corrected chi connectivity index (χ0v) is 11.6. The molecule has 8 heteroatoms. The summed E-state index contributed by atoms with van der Waals surface area (Å²) in [5.41, 5.74) is 4.51. The molecule has 21 heavy (non-hydrogen) atoms. The molecule has 0 aliphatic carbocycles. The van der Waals surface area contributed by atoms with Crippen LogP contribution in [-0.2, 0) is 4.79 Å². The van der Waals surface area contributed by atoms with Gasteiger partial charge in [0.05, 0.1) is 11.9 Å². The van der Waals surface area contributed by atoms with Gasteiger partial charge >= 0.3 is 0 Å². The SMILES string of the molecule is O=C(CSc1ccccc1F)NNC(=O)c1cnccn1. The van der Waals surface area contributed by atoms with Crippen molar-refractivity contribution >= 4 is 23.6 Å². The minimum atomic E-state index is -0.577. The highest BCUT2D eigenvalue weighted by Gasteiger charge is 2.09. The Morgan fingerprint density at radius 2 is 2.00 bits per heavy atom. The second-order valence-corrected chi connectivity index (χ2v) is 4.83. The van der Waals surface area contributed by atoms with Gasteiger partial charge in [-0.1, -0.05) is 12.1 Å². The molecular formula is C13H11FN4O2S. The van der Waals surface area contributed by atoms with Crippen LogP contribution in [0.2, 0.25) is 0 Å². The summed E-state index contributed by atoms with van der Waals surface area (Å²) in [5.74, 6) is -1.45. The first kappa shape index (κ1) is 14.9. The Hall–Kier alpha value is -2.48. The predicted molar refractivity (Wildman–Crippen MR) is 74.8 cm³/mol. The van der Waals surface area contributed by atoms with Gasteiger partial charge in [-0.3, -0.25) is 25.4 Å². The number of nitrogens with zero attached hydrogens (tertiary/aromatic N) is 2. The van der Waals surface area contributed by atoms with E-state index < -0.39 is 11.8 Å². The smallest absolute Gasteiger partial charge is 0.272 e. The van der Waals surface area contributed by atoms with Crippen molar-refractivity contribution in [3.05, 3.63) is 54.4 Å². The van der Waals surface area contributed by atoms with E-state index in [1.54, 1.807) is 18.2 Å². The largest absolute Gasteiger partial charge is 0.289 e. The summed E-state index contributed by atoms with van der Waals surface area (Å²) in [7, 11) is 0. The van der Waals surface area contributed by atoms with E-state index in [2.05, 4.69) is 20.8 Å². The van der Waals surface area contributed by atoms with Gasteiger partial charge in [-0.2, -0.15) is 0 Å². The fourth-order valence-electron chi connectivity index (χ4n) is 1.35. The molecule has 1 aromatic heterocycles. The summed E-state index contributed by atoms with van der Waals surface area (Å²) in [6.07, 6.45) is 4.07. The van der Waals surface area contributed by atoms with Crippen LogP contribution in [0.4, 0.5) is 4.39 Å². The highest BCUT2D eigenvalue weighted by atomic mass is 32.2. The molecule has 1 heterocycles. The topological polar surface area (TPSA) is 84.0 Å². The normalized spacial score (nSPS) is 9.95. The molecule has 6 nitrogen and oxygen atoms in total. The number of carbonyl (C=O) groups is 2. The van der Waals surface area contributed by atoms with Crippen LogP contribution >= 0.6 is 11.8 Å². The Kier molecular flexibility index (Phi) is 5.22. The van der Waals surface area contributed by atoms with E-state index in [0.29, 0.717) is 4.90 Å². The number of nitrogens with one attached hydrogen (secondary N) is 2. The van der Waals surface area contributed by atoms with Crippen molar-refractivity contribution < 1.29 is 14.0 Å². The molecule has 0 aliphatic rings. The monoisotopic (exact) mass is 306 g/mol. The lowest BCUT2D eigenvalue weighted by atomic mass is 10.3. The molecule has 0 aliphatic heterocycles. The maximum absolute atomic E-state index is 13.3. The number of hydrogen-bond donors (Lipinski definition) is 2. The van der Waals surface area contributed by atoms with Crippen molar-refractivity contribution in [3.8, 4) is 0 Å². The number of carbonyl (C=O) groups excluding carboxylic acids is 2. The lowest BCUT2D eigenvalue weighted by Crippen LogP contribution is -2.42. The van der Waals surface area contributed by atoms with Gasteiger partial charge in [-0.25, -0.2) is 9.37 Å². The molecule has 2 aromatic rings. The van der Waals surface area contributed by atoms with E-state index in [9.17, 15) is 14.0 Å². The first-order valence-corrected chi connectivity index (χ1v) is 6.88. The highest BCUT2D eigenvalue weighted by Crippen LogP contribution is 2.20. The molecule has 0 bridgehead atoms. The number of hydrogen-bond acceptors (Lipinski definition) is 5. The summed E-state index contributed by atoms with van der Waals surface area (Å²) in [6.45, 7) is 0. The van der Waals surface area contributed by atoms with Crippen LogP contribution in [0.25, 0.3) is 0 Å². The Morgan fingerprint density at radius 3 is 2.71 bits per heavy atom. The molecule has 0 radical (unpaired) electrons. The maximum atomic E-state index is 13.3. The van der Waals surface area contributed by atoms with Gasteiger partial charge in [0.25, 0.3) is 5.91 Å². The van der Waals surface area contributed by atoms with Gasteiger partial charge in [0.2, 0.25) is 5.91 Å². The molecule has 1 aromatic carbocycles. The number of hydrazine groups is 1. The Labute approximate surface area is 124 Å². The lowest BCUT2D eigenvalue weighted by molar-refractivity contribution is -0.119. The van der Waals surface area contributed by atoms with Crippen molar-refractivity contribution in [2.45, 2.75) is 4.90 Å². The minimum Gasteiger partial charge on any atom is -0.272 e. The summed E-state index contributed by atoms with van der Waals surface area (Å²) in [6, 6.07) is 6.14. The average Bonchev–Trinajstić information content (AvgIpc) is 2.52. The molecule has 0 atom stereocenters. The second-order valence-electron chi connectivity index (χ2n) is 3.81. The molecular weight excluding hydrogens is 295 g/mol. The van der Waals surface area contributed by atoms with Crippen LogP contribution in [0.5, 0.6) is 0 Å². The maximum Gasteiger partial charge on any atom is 0.289 e. The van der Waals surface area contributed by atoms with Gasteiger partial charge < -0.3 is 0 Å². The van der Waals surface area contributed by atoms with Crippen LogP contribution in [0.15, 0.2) is 47.8 Å². The Balaban J connectivity index is 1.78. The third kappa shape index (κ3) is 4.53. The zero-order chi connectivity index (χ0) is 15.1. The van der Waals surface area contributed by atoms with Crippen LogP contribution in [0.1, 0.15) is 10.5 Å².